The zero-order valence-corrected chi connectivity index (χ0v) is 11.1. The Kier molecular flexibility index (Phi) is 4.77. The van der Waals surface area contributed by atoms with Gasteiger partial charge in [-0.1, -0.05) is 20.8 Å². The standard InChI is InChI=1S/C12H27NO2/c1-10(2,3)12(14,9-13)8-7-11(4,5)15-6/h14H,7-9,13H2,1-6H3. The fourth-order valence-corrected chi connectivity index (χ4v) is 1.39. The van der Waals surface area contributed by atoms with Crippen LogP contribution in [0.3, 0.4) is 0 Å². The molecule has 1 atom stereocenters. The quantitative estimate of drug-likeness (QED) is 0.740. The molecule has 0 radical (unpaired) electrons. The van der Waals surface area contributed by atoms with E-state index in [0.717, 1.165) is 6.42 Å². The highest BCUT2D eigenvalue weighted by Gasteiger charge is 2.39. The molecule has 15 heavy (non-hydrogen) atoms. The fraction of sp³-hybridized carbons (Fsp3) is 1.00. The number of hydrogen-bond donors (Lipinski definition) is 2. The van der Waals surface area contributed by atoms with Crippen LogP contribution in [-0.4, -0.2) is 30.0 Å². The Labute approximate surface area is 94.0 Å². The molecular formula is C12H27NO2. The van der Waals surface area contributed by atoms with E-state index < -0.39 is 5.60 Å². The molecular weight excluding hydrogens is 190 g/mol. The molecule has 0 heterocycles. The molecule has 92 valence electrons. The molecule has 3 heteroatoms. The van der Waals surface area contributed by atoms with E-state index in [0.29, 0.717) is 6.42 Å². The molecule has 0 bridgehead atoms. The van der Waals surface area contributed by atoms with E-state index in [9.17, 15) is 5.11 Å². The summed E-state index contributed by atoms with van der Waals surface area (Å²) < 4.78 is 5.34. The maximum absolute atomic E-state index is 10.4. The highest BCUT2D eigenvalue weighted by Crippen LogP contribution is 2.35. The Hall–Kier alpha value is -0.120. The van der Waals surface area contributed by atoms with Gasteiger partial charge in [-0.25, -0.2) is 0 Å². The van der Waals surface area contributed by atoms with Crippen LogP contribution in [0.5, 0.6) is 0 Å². The zero-order chi connectivity index (χ0) is 12.3. The minimum atomic E-state index is -0.817. The maximum atomic E-state index is 10.4. The van der Waals surface area contributed by atoms with Crippen molar-refractivity contribution >= 4 is 0 Å². The maximum Gasteiger partial charge on any atom is 0.0818 e. The number of nitrogens with two attached hydrogens (primary N) is 1. The van der Waals surface area contributed by atoms with Gasteiger partial charge in [-0.2, -0.15) is 0 Å². The summed E-state index contributed by atoms with van der Waals surface area (Å²) in [5.74, 6) is 0. The number of ether oxygens (including phenoxy) is 1. The van der Waals surface area contributed by atoms with Crippen LogP contribution in [0.15, 0.2) is 0 Å². The van der Waals surface area contributed by atoms with Crippen molar-refractivity contribution in [3.8, 4) is 0 Å². The van der Waals surface area contributed by atoms with Crippen LogP contribution >= 0.6 is 0 Å². The Bertz CT molecular complexity index is 196. The lowest BCUT2D eigenvalue weighted by Gasteiger charge is -2.41. The third kappa shape index (κ3) is 4.09. The van der Waals surface area contributed by atoms with Crippen LogP contribution in [0, 0.1) is 5.41 Å². The highest BCUT2D eigenvalue weighted by atomic mass is 16.5. The van der Waals surface area contributed by atoms with E-state index >= 15 is 0 Å². The lowest BCUT2D eigenvalue weighted by molar-refractivity contribution is -0.0779. The van der Waals surface area contributed by atoms with Crippen LogP contribution < -0.4 is 5.73 Å². The van der Waals surface area contributed by atoms with Gasteiger partial charge in [-0.05, 0) is 32.1 Å². The second-order valence-electron chi connectivity index (χ2n) is 5.95. The number of aliphatic hydroxyl groups is 1. The Balaban J connectivity index is 4.48. The summed E-state index contributed by atoms with van der Waals surface area (Å²) in [5.41, 5.74) is 4.45. The molecule has 0 aromatic carbocycles. The molecule has 3 N–H and O–H groups in total. The first-order valence-electron chi connectivity index (χ1n) is 5.55. The molecule has 0 saturated carbocycles. The number of rotatable bonds is 5. The summed E-state index contributed by atoms with van der Waals surface area (Å²) in [6.07, 6.45) is 1.46. The third-order valence-corrected chi connectivity index (χ3v) is 3.43. The van der Waals surface area contributed by atoms with Gasteiger partial charge in [0.25, 0.3) is 0 Å². The number of hydrogen-bond acceptors (Lipinski definition) is 3. The molecule has 0 aromatic rings. The highest BCUT2D eigenvalue weighted by molar-refractivity contribution is 4.92. The summed E-state index contributed by atoms with van der Waals surface area (Å²) >= 11 is 0. The van der Waals surface area contributed by atoms with Gasteiger partial charge in [0.15, 0.2) is 0 Å². The lowest BCUT2D eigenvalue weighted by atomic mass is 9.72. The Morgan fingerprint density at radius 3 is 1.80 bits per heavy atom. The monoisotopic (exact) mass is 217 g/mol. The van der Waals surface area contributed by atoms with Crippen molar-refractivity contribution in [2.45, 2.75) is 58.7 Å². The topological polar surface area (TPSA) is 55.5 Å². The van der Waals surface area contributed by atoms with E-state index in [4.69, 9.17) is 10.5 Å². The van der Waals surface area contributed by atoms with Crippen molar-refractivity contribution in [1.82, 2.24) is 0 Å². The predicted molar refractivity (Wildman–Crippen MR) is 63.8 cm³/mol. The van der Waals surface area contributed by atoms with Crippen LogP contribution in [-0.2, 0) is 4.74 Å². The molecule has 0 aliphatic rings. The lowest BCUT2D eigenvalue weighted by Crippen LogP contribution is -2.50. The van der Waals surface area contributed by atoms with Crippen molar-refractivity contribution in [3.63, 3.8) is 0 Å². The normalized spacial score (nSPS) is 17.6. The first-order valence-corrected chi connectivity index (χ1v) is 5.55. The summed E-state index contributed by atoms with van der Waals surface area (Å²) in [4.78, 5) is 0. The summed E-state index contributed by atoms with van der Waals surface area (Å²) in [5, 5.41) is 10.4. The van der Waals surface area contributed by atoms with E-state index in [1.807, 2.05) is 34.6 Å². The van der Waals surface area contributed by atoms with E-state index in [1.54, 1.807) is 7.11 Å². The van der Waals surface area contributed by atoms with Crippen LogP contribution in [0.25, 0.3) is 0 Å². The van der Waals surface area contributed by atoms with Crippen LogP contribution in [0.4, 0.5) is 0 Å². The zero-order valence-electron chi connectivity index (χ0n) is 11.1. The smallest absolute Gasteiger partial charge is 0.0818 e. The first kappa shape index (κ1) is 14.9. The molecule has 0 rings (SSSR count). The third-order valence-electron chi connectivity index (χ3n) is 3.43. The van der Waals surface area contributed by atoms with Gasteiger partial charge >= 0.3 is 0 Å². The van der Waals surface area contributed by atoms with Crippen molar-refractivity contribution in [3.05, 3.63) is 0 Å². The van der Waals surface area contributed by atoms with Gasteiger partial charge in [0.2, 0.25) is 0 Å². The molecule has 0 spiro atoms. The van der Waals surface area contributed by atoms with Crippen molar-refractivity contribution in [2.75, 3.05) is 13.7 Å². The van der Waals surface area contributed by atoms with Gasteiger partial charge in [0, 0.05) is 13.7 Å². The van der Waals surface area contributed by atoms with Crippen molar-refractivity contribution in [1.29, 1.82) is 0 Å². The van der Waals surface area contributed by atoms with E-state index in [2.05, 4.69) is 0 Å². The van der Waals surface area contributed by atoms with Gasteiger partial charge < -0.3 is 15.6 Å². The van der Waals surface area contributed by atoms with Crippen LogP contribution in [0.2, 0.25) is 0 Å². The number of methoxy groups -OCH3 is 1. The van der Waals surface area contributed by atoms with Crippen molar-refractivity contribution < 1.29 is 9.84 Å². The van der Waals surface area contributed by atoms with Gasteiger partial charge in [-0.15, -0.1) is 0 Å². The van der Waals surface area contributed by atoms with Gasteiger partial charge in [-0.3, -0.25) is 0 Å². The van der Waals surface area contributed by atoms with Crippen LogP contribution in [0.1, 0.15) is 47.5 Å². The minimum Gasteiger partial charge on any atom is -0.388 e. The average molecular weight is 217 g/mol. The molecule has 0 fully saturated rings. The molecule has 0 aromatic heterocycles. The molecule has 0 saturated heterocycles. The molecule has 0 aliphatic heterocycles. The minimum absolute atomic E-state index is 0.200. The summed E-state index contributed by atoms with van der Waals surface area (Å²) in [6.45, 7) is 10.4. The molecule has 1 unspecified atom stereocenters. The first-order chi connectivity index (χ1) is 6.58. The Morgan fingerprint density at radius 1 is 1.07 bits per heavy atom. The van der Waals surface area contributed by atoms with Gasteiger partial charge in [0.1, 0.15) is 0 Å². The second kappa shape index (κ2) is 4.81. The van der Waals surface area contributed by atoms with Gasteiger partial charge in [0.05, 0.1) is 11.2 Å². The average Bonchev–Trinajstić information content (AvgIpc) is 2.12. The SMILES string of the molecule is COC(C)(C)CCC(O)(CN)C(C)(C)C. The summed E-state index contributed by atoms with van der Waals surface area (Å²) in [7, 11) is 1.69. The fourth-order valence-electron chi connectivity index (χ4n) is 1.39. The Morgan fingerprint density at radius 2 is 1.53 bits per heavy atom. The van der Waals surface area contributed by atoms with E-state index in [-0.39, 0.29) is 17.6 Å². The second-order valence-corrected chi connectivity index (χ2v) is 5.95. The molecule has 0 aliphatic carbocycles. The largest absolute Gasteiger partial charge is 0.388 e. The molecule has 0 amide bonds. The van der Waals surface area contributed by atoms with E-state index in [1.165, 1.54) is 0 Å². The van der Waals surface area contributed by atoms with Crippen molar-refractivity contribution in [2.24, 2.45) is 11.1 Å². The molecule has 3 nitrogen and oxygen atoms in total. The summed E-state index contributed by atoms with van der Waals surface area (Å²) in [6, 6.07) is 0. The predicted octanol–water partition coefficient (Wildman–Crippen LogP) is 1.93.